The summed E-state index contributed by atoms with van der Waals surface area (Å²) in [6.07, 6.45) is 5.19. The molecule has 24 heavy (non-hydrogen) atoms. The number of hydrogen-bond acceptors (Lipinski definition) is 2. The van der Waals surface area contributed by atoms with Crippen LogP contribution in [0.15, 0.2) is 23.2 Å². The Balaban J connectivity index is 1.86. The first-order chi connectivity index (χ1) is 11.5. The lowest BCUT2D eigenvalue weighted by atomic mass is 9.79. The van der Waals surface area contributed by atoms with Crippen molar-refractivity contribution in [1.29, 1.82) is 5.26 Å². The molecular formula is C19H26F3NO. The van der Waals surface area contributed by atoms with Gasteiger partial charge in [-0.15, -0.1) is 0 Å². The molecule has 0 N–H and O–H groups in total. The van der Waals surface area contributed by atoms with E-state index in [0.29, 0.717) is 18.8 Å². The van der Waals surface area contributed by atoms with E-state index in [-0.39, 0.29) is 24.2 Å². The number of rotatable bonds is 7. The van der Waals surface area contributed by atoms with Crippen LogP contribution in [0.3, 0.4) is 0 Å². The molecule has 2 nitrogen and oxygen atoms in total. The minimum atomic E-state index is -3.26. The Morgan fingerprint density at radius 3 is 2.50 bits per heavy atom. The van der Waals surface area contributed by atoms with Crippen LogP contribution in [0.1, 0.15) is 71.1 Å². The quantitative estimate of drug-likeness (QED) is 0.501. The summed E-state index contributed by atoms with van der Waals surface area (Å²) in [5, 5.41) is 8.72. The predicted octanol–water partition coefficient (Wildman–Crippen LogP) is 6.41. The molecule has 0 amide bonds. The average Bonchev–Trinajstić information content (AvgIpc) is 2.55. The summed E-state index contributed by atoms with van der Waals surface area (Å²) >= 11 is 0. The lowest BCUT2D eigenvalue weighted by Crippen LogP contribution is -2.34. The highest BCUT2D eigenvalue weighted by Crippen LogP contribution is 2.42. The zero-order chi connectivity index (χ0) is 17.6. The van der Waals surface area contributed by atoms with Gasteiger partial charge in [0.1, 0.15) is 11.6 Å². The van der Waals surface area contributed by atoms with Gasteiger partial charge in [0.25, 0.3) is 0 Å². The molecule has 2 rings (SSSR count). The standard InChI is InChI=1S/C19H26F3NO/c1-2-3-4-5-14-6-9-16(10-7-14)19(21,22)24-17-11-8-15(13-23)18(20)12-17/h12,14,16H,2-11H2,1H3. The molecule has 0 heterocycles. The maximum Gasteiger partial charge on any atom is 0.400 e. The molecule has 2 aliphatic carbocycles. The molecule has 0 aliphatic heterocycles. The smallest absolute Gasteiger partial charge is 0.400 e. The van der Waals surface area contributed by atoms with E-state index in [4.69, 9.17) is 10.00 Å². The Morgan fingerprint density at radius 1 is 1.21 bits per heavy atom. The Morgan fingerprint density at radius 2 is 1.92 bits per heavy atom. The normalized spacial score (nSPS) is 25.2. The summed E-state index contributed by atoms with van der Waals surface area (Å²) in [6.45, 7) is 2.16. The van der Waals surface area contributed by atoms with Crippen LogP contribution >= 0.6 is 0 Å². The maximum atomic E-state index is 14.4. The molecule has 1 saturated carbocycles. The highest BCUT2D eigenvalue weighted by atomic mass is 19.3. The van der Waals surface area contributed by atoms with Gasteiger partial charge in [0.2, 0.25) is 0 Å². The minimum absolute atomic E-state index is 0.00162. The van der Waals surface area contributed by atoms with E-state index >= 15 is 0 Å². The SMILES string of the molecule is CCCCCC1CCC(C(F)(F)OC2=CC(F)=C(C#N)CC2)CC1. The fourth-order valence-electron chi connectivity index (χ4n) is 3.59. The molecule has 0 aromatic rings. The third-order valence-electron chi connectivity index (χ3n) is 5.14. The van der Waals surface area contributed by atoms with Crippen LogP contribution in [0.4, 0.5) is 13.2 Å². The number of hydrogen-bond donors (Lipinski definition) is 0. The van der Waals surface area contributed by atoms with Gasteiger partial charge in [-0.3, -0.25) is 0 Å². The monoisotopic (exact) mass is 341 g/mol. The van der Waals surface area contributed by atoms with Crippen LogP contribution in [0.5, 0.6) is 0 Å². The van der Waals surface area contributed by atoms with Crippen LogP contribution < -0.4 is 0 Å². The van der Waals surface area contributed by atoms with Gasteiger partial charge in [-0.25, -0.2) is 4.39 Å². The van der Waals surface area contributed by atoms with E-state index in [9.17, 15) is 13.2 Å². The molecule has 134 valence electrons. The van der Waals surface area contributed by atoms with Crippen molar-refractivity contribution in [3.63, 3.8) is 0 Å². The first kappa shape index (κ1) is 18.9. The summed E-state index contributed by atoms with van der Waals surface area (Å²) in [6, 6.07) is 1.74. The van der Waals surface area contributed by atoms with Crippen molar-refractivity contribution in [2.45, 2.75) is 77.2 Å². The molecule has 0 unspecified atom stereocenters. The molecule has 0 saturated heterocycles. The van der Waals surface area contributed by atoms with Gasteiger partial charge in [-0.1, -0.05) is 32.6 Å². The largest absolute Gasteiger partial charge is 0.437 e. The summed E-state index contributed by atoms with van der Waals surface area (Å²) in [4.78, 5) is 0. The first-order valence-corrected chi connectivity index (χ1v) is 9.02. The zero-order valence-electron chi connectivity index (χ0n) is 14.3. The fraction of sp³-hybridized carbons (Fsp3) is 0.737. The molecule has 2 aliphatic rings. The van der Waals surface area contributed by atoms with Gasteiger partial charge in [0.05, 0.1) is 17.6 Å². The Labute approximate surface area is 142 Å². The van der Waals surface area contributed by atoms with Crippen LogP contribution in [0.2, 0.25) is 0 Å². The van der Waals surface area contributed by atoms with Gasteiger partial charge in [0, 0.05) is 12.5 Å². The minimum Gasteiger partial charge on any atom is -0.437 e. The van der Waals surface area contributed by atoms with Gasteiger partial charge in [-0.2, -0.15) is 14.0 Å². The predicted molar refractivity (Wildman–Crippen MR) is 86.7 cm³/mol. The fourth-order valence-corrected chi connectivity index (χ4v) is 3.59. The highest BCUT2D eigenvalue weighted by molar-refractivity contribution is 5.35. The molecule has 0 bridgehead atoms. The van der Waals surface area contributed by atoms with Gasteiger partial charge in [-0.05, 0) is 38.0 Å². The number of alkyl halides is 2. The third-order valence-corrected chi connectivity index (χ3v) is 5.14. The summed E-state index contributed by atoms with van der Waals surface area (Å²) in [7, 11) is 0. The lowest BCUT2D eigenvalue weighted by Gasteiger charge is -2.34. The van der Waals surface area contributed by atoms with Crippen LogP contribution in [0.25, 0.3) is 0 Å². The van der Waals surface area contributed by atoms with Crippen LogP contribution in [-0.4, -0.2) is 6.11 Å². The molecule has 0 spiro atoms. The number of unbranched alkanes of at least 4 members (excludes halogenated alkanes) is 2. The second-order valence-electron chi connectivity index (χ2n) is 6.93. The summed E-state index contributed by atoms with van der Waals surface area (Å²) in [5.74, 6) is -1.06. The number of nitrogens with zero attached hydrogens (tertiary/aromatic N) is 1. The highest BCUT2D eigenvalue weighted by Gasteiger charge is 2.44. The molecule has 1 fully saturated rings. The van der Waals surface area contributed by atoms with E-state index < -0.39 is 17.9 Å². The second-order valence-corrected chi connectivity index (χ2v) is 6.93. The van der Waals surface area contributed by atoms with Gasteiger partial charge < -0.3 is 4.74 Å². The Bertz CT molecular complexity index is 525. The molecule has 0 aromatic heterocycles. The van der Waals surface area contributed by atoms with E-state index in [1.165, 1.54) is 19.3 Å². The number of allylic oxidation sites excluding steroid dienone is 4. The van der Waals surface area contributed by atoms with Crippen LogP contribution in [-0.2, 0) is 4.74 Å². The van der Waals surface area contributed by atoms with Crippen LogP contribution in [0, 0.1) is 23.2 Å². The first-order valence-electron chi connectivity index (χ1n) is 9.02. The van der Waals surface area contributed by atoms with E-state index in [1.54, 1.807) is 6.07 Å². The van der Waals surface area contributed by atoms with Gasteiger partial charge >= 0.3 is 6.11 Å². The number of ether oxygens (including phenoxy) is 1. The van der Waals surface area contributed by atoms with Crippen molar-refractivity contribution in [2.75, 3.05) is 0 Å². The topological polar surface area (TPSA) is 33.0 Å². The number of nitriles is 1. The van der Waals surface area contributed by atoms with Crippen molar-refractivity contribution < 1.29 is 17.9 Å². The Kier molecular flexibility index (Phi) is 6.77. The molecule has 0 atom stereocenters. The van der Waals surface area contributed by atoms with Crippen molar-refractivity contribution in [1.82, 2.24) is 0 Å². The summed E-state index contributed by atoms with van der Waals surface area (Å²) < 4.78 is 47.2. The summed E-state index contributed by atoms with van der Waals surface area (Å²) in [5.41, 5.74) is -0.00162. The molecule has 0 radical (unpaired) electrons. The number of halogens is 3. The lowest BCUT2D eigenvalue weighted by molar-refractivity contribution is -0.257. The average molecular weight is 341 g/mol. The molecular weight excluding hydrogens is 315 g/mol. The van der Waals surface area contributed by atoms with E-state index in [0.717, 1.165) is 25.3 Å². The maximum absolute atomic E-state index is 14.4. The second kappa shape index (κ2) is 8.60. The third kappa shape index (κ3) is 5.03. The molecule has 0 aromatic carbocycles. The molecule has 5 heteroatoms. The van der Waals surface area contributed by atoms with E-state index in [2.05, 4.69) is 6.92 Å². The van der Waals surface area contributed by atoms with Crippen molar-refractivity contribution >= 4 is 0 Å². The van der Waals surface area contributed by atoms with Crippen molar-refractivity contribution in [2.24, 2.45) is 11.8 Å². The van der Waals surface area contributed by atoms with Gasteiger partial charge in [0.15, 0.2) is 0 Å². The van der Waals surface area contributed by atoms with Crippen molar-refractivity contribution in [3.8, 4) is 6.07 Å². The Hall–Kier alpha value is -1.44. The van der Waals surface area contributed by atoms with Crippen molar-refractivity contribution in [3.05, 3.63) is 23.2 Å². The zero-order valence-corrected chi connectivity index (χ0v) is 14.3. The van der Waals surface area contributed by atoms with E-state index in [1.807, 2.05) is 0 Å².